The Morgan fingerprint density at radius 2 is 2.30 bits per heavy atom. The maximum Gasteiger partial charge on any atom is 0.292 e. The number of hydrogen-bond donors (Lipinski definition) is 2. The molecule has 1 unspecified atom stereocenters. The van der Waals surface area contributed by atoms with Gasteiger partial charge in [-0.3, -0.25) is 19.8 Å². The average molecular weight is 278 g/mol. The molecule has 0 radical (unpaired) electrons. The number of rotatable bonds is 4. The summed E-state index contributed by atoms with van der Waals surface area (Å²) in [7, 11) is 0. The number of nitro groups is 1. The summed E-state index contributed by atoms with van der Waals surface area (Å²) >= 11 is 0. The molecule has 1 aromatic rings. The van der Waals surface area contributed by atoms with Crippen LogP contribution in [0.25, 0.3) is 0 Å². The second-order valence-electron chi connectivity index (χ2n) is 4.84. The van der Waals surface area contributed by atoms with Gasteiger partial charge in [0.2, 0.25) is 5.91 Å². The predicted molar refractivity (Wildman–Crippen MR) is 75.0 cm³/mol. The Kier molecular flexibility index (Phi) is 4.19. The SMILES string of the molecule is CCC1C(=O)NCCN1Cc1ccc(N)c([N+](=O)[O-])c1. The van der Waals surface area contributed by atoms with Gasteiger partial charge < -0.3 is 11.1 Å². The lowest BCUT2D eigenvalue weighted by atomic mass is 10.1. The number of nitrogens with two attached hydrogens (primary N) is 1. The van der Waals surface area contributed by atoms with E-state index in [2.05, 4.69) is 5.32 Å². The topological polar surface area (TPSA) is 102 Å². The van der Waals surface area contributed by atoms with Gasteiger partial charge in [0, 0.05) is 25.7 Å². The van der Waals surface area contributed by atoms with E-state index in [9.17, 15) is 14.9 Å². The highest BCUT2D eigenvalue weighted by atomic mass is 16.6. The van der Waals surface area contributed by atoms with Crippen molar-refractivity contribution in [1.29, 1.82) is 0 Å². The molecule has 2 rings (SSSR count). The maximum atomic E-state index is 11.8. The van der Waals surface area contributed by atoms with Crippen LogP contribution < -0.4 is 11.1 Å². The van der Waals surface area contributed by atoms with E-state index in [1.165, 1.54) is 6.07 Å². The summed E-state index contributed by atoms with van der Waals surface area (Å²) in [6, 6.07) is 4.61. The summed E-state index contributed by atoms with van der Waals surface area (Å²) < 4.78 is 0. The van der Waals surface area contributed by atoms with Gasteiger partial charge in [-0.05, 0) is 18.1 Å². The Bertz CT molecular complexity index is 532. The van der Waals surface area contributed by atoms with Crippen molar-refractivity contribution >= 4 is 17.3 Å². The van der Waals surface area contributed by atoms with Gasteiger partial charge in [0.05, 0.1) is 11.0 Å². The molecule has 1 amide bonds. The lowest BCUT2D eigenvalue weighted by Gasteiger charge is -2.34. The number of piperazine rings is 1. The van der Waals surface area contributed by atoms with E-state index in [1.807, 2.05) is 11.8 Å². The largest absolute Gasteiger partial charge is 0.393 e. The van der Waals surface area contributed by atoms with E-state index in [4.69, 9.17) is 5.73 Å². The molecule has 1 heterocycles. The fourth-order valence-corrected chi connectivity index (χ4v) is 2.48. The first-order valence-corrected chi connectivity index (χ1v) is 6.57. The Morgan fingerprint density at radius 3 is 2.95 bits per heavy atom. The average Bonchev–Trinajstić information content (AvgIpc) is 2.41. The van der Waals surface area contributed by atoms with Crippen LogP contribution in [0.4, 0.5) is 11.4 Å². The van der Waals surface area contributed by atoms with Gasteiger partial charge in [0.1, 0.15) is 5.69 Å². The third kappa shape index (κ3) is 2.88. The van der Waals surface area contributed by atoms with Gasteiger partial charge in [-0.25, -0.2) is 0 Å². The van der Waals surface area contributed by atoms with Crippen LogP contribution in [0.15, 0.2) is 18.2 Å². The first kappa shape index (κ1) is 14.3. The molecule has 20 heavy (non-hydrogen) atoms. The second-order valence-corrected chi connectivity index (χ2v) is 4.84. The monoisotopic (exact) mass is 278 g/mol. The molecule has 0 aromatic heterocycles. The molecule has 1 aromatic carbocycles. The van der Waals surface area contributed by atoms with Crippen molar-refractivity contribution in [2.24, 2.45) is 0 Å². The summed E-state index contributed by atoms with van der Waals surface area (Å²) in [5.74, 6) is 0.0173. The minimum atomic E-state index is -0.487. The summed E-state index contributed by atoms with van der Waals surface area (Å²) in [6.07, 6.45) is 0.711. The van der Waals surface area contributed by atoms with Gasteiger partial charge in [-0.15, -0.1) is 0 Å². The molecule has 1 fully saturated rings. The quantitative estimate of drug-likeness (QED) is 0.484. The third-order valence-corrected chi connectivity index (χ3v) is 3.51. The summed E-state index contributed by atoms with van der Waals surface area (Å²) in [4.78, 5) is 24.2. The zero-order valence-corrected chi connectivity index (χ0v) is 11.3. The van der Waals surface area contributed by atoms with Crippen LogP contribution in [-0.2, 0) is 11.3 Å². The Hall–Kier alpha value is -2.15. The number of nitrogen functional groups attached to an aromatic ring is 1. The van der Waals surface area contributed by atoms with E-state index >= 15 is 0 Å². The fourth-order valence-electron chi connectivity index (χ4n) is 2.48. The Balaban J connectivity index is 2.18. The first-order chi connectivity index (χ1) is 9.52. The number of nitrogens with zero attached hydrogens (tertiary/aromatic N) is 2. The van der Waals surface area contributed by atoms with Crippen LogP contribution in [0.2, 0.25) is 0 Å². The van der Waals surface area contributed by atoms with Crippen LogP contribution >= 0.6 is 0 Å². The first-order valence-electron chi connectivity index (χ1n) is 6.57. The number of nitro benzene ring substituents is 1. The van der Waals surface area contributed by atoms with Crippen molar-refractivity contribution in [2.45, 2.75) is 25.9 Å². The Morgan fingerprint density at radius 1 is 1.55 bits per heavy atom. The van der Waals surface area contributed by atoms with Gasteiger partial charge in [0.15, 0.2) is 0 Å². The van der Waals surface area contributed by atoms with Crippen molar-refractivity contribution in [2.75, 3.05) is 18.8 Å². The molecule has 1 aliphatic rings. The lowest BCUT2D eigenvalue weighted by molar-refractivity contribution is -0.384. The maximum absolute atomic E-state index is 11.8. The van der Waals surface area contributed by atoms with Crippen molar-refractivity contribution in [3.05, 3.63) is 33.9 Å². The van der Waals surface area contributed by atoms with E-state index in [-0.39, 0.29) is 23.3 Å². The number of anilines is 1. The molecule has 3 N–H and O–H groups in total. The molecule has 108 valence electrons. The standard InChI is InChI=1S/C13H18N4O3/c1-2-11-13(18)15-5-6-16(11)8-9-3-4-10(14)12(7-9)17(19)20/h3-4,7,11H,2,5-6,8,14H2,1H3,(H,15,18). The smallest absolute Gasteiger partial charge is 0.292 e. The third-order valence-electron chi connectivity index (χ3n) is 3.51. The molecule has 0 aliphatic carbocycles. The van der Waals surface area contributed by atoms with Gasteiger partial charge >= 0.3 is 0 Å². The minimum Gasteiger partial charge on any atom is -0.393 e. The fraction of sp³-hybridized carbons (Fsp3) is 0.462. The Labute approximate surface area is 116 Å². The summed E-state index contributed by atoms with van der Waals surface area (Å²) in [5.41, 5.74) is 6.44. The van der Waals surface area contributed by atoms with Crippen LogP contribution in [0.1, 0.15) is 18.9 Å². The van der Waals surface area contributed by atoms with Crippen LogP contribution in [-0.4, -0.2) is 34.9 Å². The lowest BCUT2D eigenvalue weighted by Crippen LogP contribution is -2.54. The van der Waals surface area contributed by atoms with Crippen LogP contribution in [0.3, 0.4) is 0 Å². The second kappa shape index (κ2) is 5.87. The number of nitrogens with one attached hydrogen (secondary N) is 1. The highest BCUT2D eigenvalue weighted by Gasteiger charge is 2.28. The highest BCUT2D eigenvalue weighted by Crippen LogP contribution is 2.24. The van der Waals surface area contributed by atoms with E-state index in [0.29, 0.717) is 19.5 Å². The molecular formula is C13H18N4O3. The summed E-state index contributed by atoms with van der Waals surface area (Å²) in [6.45, 7) is 3.80. The van der Waals surface area contributed by atoms with Gasteiger partial charge in [-0.1, -0.05) is 13.0 Å². The molecular weight excluding hydrogens is 260 g/mol. The predicted octanol–water partition coefficient (Wildman–Crippen LogP) is 0.887. The molecule has 1 saturated heterocycles. The van der Waals surface area contributed by atoms with Crippen molar-refractivity contribution < 1.29 is 9.72 Å². The minimum absolute atomic E-state index is 0.0173. The normalized spacial score (nSPS) is 19.6. The molecule has 1 atom stereocenters. The number of carbonyl (C=O) groups is 1. The zero-order valence-electron chi connectivity index (χ0n) is 11.3. The van der Waals surface area contributed by atoms with E-state index in [0.717, 1.165) is 12.1 Å². The number of hydrogen-bond acceptors (Lipinski definition) is 5. The molecule has 0 saturated carbocycles. The van der Waals surface area contributed by atoms with Crippen molar-refractivity contribution in [3.63, 3.8) is 0 Å². The van der Waals surface area contributed by atoms with E-state index < -0.39 is 4.92 Å². The number of carbonyl (C=O) groups excluding carboxylic acids is 1. The highest BCUT2D eigenvalue weighted by molar-refractivity contribution is 5.82. The van der Waals surface area contributed by atoms with Crippen molar-refractivity contribution in [1.82, 2.24) is 10.2 Å². The molecule has 0 spiro atoms. The van der Waals surface area contributed by atoms with Gasteiger partial charge in [-0.2, -0.15) is 0 Å². The number of amides is 1. The molecule has 1 aliphatic heterocycles. The van der Waals surface area contributed by atoms with Crippen LogP contribution in [0, 0.1) is 10.1 Å². The van der Waals surface area contributed by atoms with Crippen molar-refractivity contribution in [3.8, 4) is 0 Å². The van der Waals surface area contributed by atoms with Gasteiger partial charge in [0.25, 0.3) is 5.69 Å². The molecule has 0 bridgehead atoms. The van der Waals surface area contributed by atoms with E-state index in [1.54, 1.807) is 12.1 Å². The number of benzene rings is 1. The summed E-state index contributed by atoms with van der Waals surface area (Å²) in [5, 5.41) is 13.7. The molecule has 7 nitrogen and oxygen atoms in total. The van der Waals surface area contributed by atoms with Crippen LogP contribution in [0.5, 0.6) is 0 Å². The molecule has 7 heteroatoms. The zero-order chi connectivity index (χ0) is 14.7.